The van der Waals surface area contributed by atoms with Crippen molar-refractivity contribution >= 4 is 11.8 Å². The van der Waals surface area contributed by atoms with Crippen LogP contribution < -0.4 is 4.74 Å². The predicted octanol–water partition coefficient (Wildman–Crippen LogP) is 2.52. The number of ketones is 1. The van der Waals surface area contributed by atoms with Gasteiger partial charge in [-0.1, -0.05) is 6.92 Å². The summed E-state index contributed by atoms with van der Waals surface area (Å²) in [7, 11) is 0. The molecule has 0 unspecified atom stereocenters. The van der Waals surface area contributed by atoms with E-state index in [9.17, 15) is 9.59 Å². The number of hydrogen-bond donors (Lipinski definition) is 0. The minimum Gasteiger partial charge on any atom is -0.427 e. The third kappa shape index (κ3) is 2.13. The number of fused-ring (bicyclic) bond motifs is 1. The Balaban J connectivity index is 2.13. The van der Waals surface area contributed by atoms with Gasteiger partial charge in [0.05, 0.1) is 0 Å². The van der Waals surface area contributed by atoms with Crippen molar-refractivity contribution in [2.45, 2.75) is 32.6 Å². The Morgan fingerprint density at radius 2 is 2.19 bits per heavy atom. The summed E-state index contributed by atoms with van der Waals surface area (Å²) in [6, 6.07) is 5.24. The van der Waals surface area contributed by atoms with E-state index in [1.165, 1.54) is 0 Å². The fraction of sp³-hybridized carbons (Fsp3) is 0.385. The lowest BCUT2D eigenvalue weighted by molar-refractivity contribution is -0.134. The molecule has 3 nitrogen and oxygen atoms in total. The molecule has 0 saturated heterocycles. The van der Waals surface area contributed by atoms with Crippen molar-refractivity contribution in [3.63, 3.8) is 0 Å². The second kappa shape index (κ2) is 4.47. The van der Waals surface area contributed by atoms with E-state index in [-0.39, 0.29) is 11.8 Å². The number of rotatable bonds is 3. The molecule has 84 valence electrons. The van der Waals surface area contributed by atoms with Crippen LogP contribution in [0, 0.1) is 0 Å². The Morgan fingerprint density at radius 1 is 1.38 bits per heavy atom. The fourth-order valence-electron chi connectivity index (χ4n) is 1.88. The largest absolute Gasteiger partial charge is 0.427 e. The zero-order chi connectivity index (χ0) is 11.5. The molecule has 1 aromatic carbocycles. The summed E-state index contributed by atoms with van der Waals surface area (Å²) in [4.78, 5) is 22.7. The van der Waals surface area contributed by atoms with Gasteiger partial charge in [-0.3, -0.25) is 9.59 Å². The minimum absolute atomic E-state index is 0.182. The van der Waals surface area contributed by atoms with Crippen LogP contribution in [0.1, 0.15) is 42.1 Å². The van der Waals surface area contributed by atoms with Gasteiger partial charge in [-0.2, -0.15) is 0 Å². The molecule has 0 fully saturated rings. The molecule has 0 aromatic heterocycles. The van der Waals surface area contributed by atoms with Gasteiger partial charge in [0, 0.05) is 18.4 Å². The Kier molecular flexibility index (Phi) is 3.04. The second-order valence-electron chi connectivity index (χ2n) is 3.97. The second-order valence-corrected chi connectivity index (χ2v) is 3.97. The van der Waals surface area contributed by atoms with E-state index in [1.807, 2.05) is 6.92 Å². The molecular weight excluding hydrogens is 204 g/mol. The van der Waals surface area contributed by atoms with Gasteiger partial charge in [-0.05, 0) is 36.6 Å². The summed E-state index contributed by atoms with van der Waals surface area (Å²) < 4.78 is 5.17. The molecule has 0 heterocycles. The molecule has 0 amide bonds. The van der Waals surface area contributed by atoms with Gasteiger partial charge in [-0.15, -0.1) is 0 Å². The summed E-state index contributed by atoms with van der Waals surface area (Å²) >= 11 is 0. The summed E-state index contributed by atoms with van der Waals surface area (Å²) in [5.74, 6) is 0.514. The van der Waals surface area contributed by atoms with Gasteiger partial charge in [0.25, 0.3) is 0 Å². The van der Waals surface area contributed by atoms with Gasteiger partial charge >= 0.3 is 5.97 Å². The first kappa shape index (κ1) is 10.9. The van der Waals surface area contributed by atoms with Crippen LogP contribution in [0.2, 0.25) is 0 Å². The first-order valence-corrected chi connectivity index (χ1v) is 5.57. The average molecular weight is 218 g/mol. The Morgan fingerprint density at radius 3 is 2.94 bits per heavy atom. The number of hydrogen-bond acceptors (Lipinski definition) is 3. The van der Waals surface area contributed by atoms with E-state index >= 15 is 0 Å². The van der Waals surface area contributed by atoms with Crippen molar-refractivity contribution in [1.82, 2.24) is 0 Å². The molecular formula is C13H14O3. The van der Waals surface area contributed by atoms with Crippen LogP contribution in [0.4, 0.5) is 0 Å². The van der Waals surface area contributed by atoms with Crippen LogP contribution in [-0.2, 0) is 11.2 Å². The highest BCUT2D eigenvalue weighted by Crippen LogP contribution is 2.26. The molecule has 1 aromatic rings. The van der Waals surface area contributed by atoms with E-state index in [1.54, 1.807) is 18.2 Å². The van der Waals surface area contributed by atoms with Crippen molar-refractivity contribution in [2.24, 2.45) is 0 Å². The topological polar surface area (TPSA) is 43.4 Å². The van der Waals surface area contributed by atoms with Gasteiger partial charge in [0.15, 0.2) is 5.78 Å². The lowest BCUT2D eigenvalue weighted by Gasteiger charge is -2.05. The molecule has 0 spiro atoms. The standard InChI is InChI=1S/C13H14O3/c1-2-3-13(15)16-10-5-6-11-9(8-10)4-7-12(11)14/h5-6,8H,2-4,7H2,1H3. The van der Waals surface area contributed by atoms with E-state index < -0.39 is 0 Å². The third-order valence-electron chi connectivity index (χ3n) is 2.68. The quantitative estimate of drug-likeness (QED) is 0.578. The molecule has 0 atom stereocenters. The molecule has 1 aliphatic carbocycles. The van der Waals surface area contributed by atoms with Gasteiger partial charge in [-0.25, -0.2) is 0 Å². The predicted molar refractivity (Wildman–Crippen MR) is 59.6 cm³/mol. The molecule has 2 rings (SSSR count). The lowest BCUT2D eigenvalue weighted by Crippen LogP contribution is -2.07. The van der Waals surface area contributed by atoms with Crippen molar-refractivity contribution in [3.8, 4) is 5.75 Å². The highest BCUT2D eigenvalue weighted by molar-refractivity contribution is 6.00. The lowest BCUT2D eigenvalue weighted by atomic mass is 10.1. The number of carbonyl (C=O) groups is 2. The summed E-state index contributed by atoms with van der Waals surface area (Å²) in [5, 5.41) is 0. The number of ether oxygens (including phenoxy) is 1. The van der Waals surface area contributed by atoms with E-state index in [4.69, 9.17) is 4.74 Å². The number of carbonyl (C=O) groups excluding carboxylic acids is 2. The number of esters is 1. The number of benzene rings is 1. The molecule has 0 N–H and O–H groups in total. The van der Waals surface area contributed by atoms with Crippen molar-refractivity contribution in [3.05, 3.63) is 29.3 Å². The summed E-state index contributed by atoms with van der Waals surface area (Å²) in [6.07, 6.45) is 2.54. The normalized spacial score (nSPS) is 13.7. The van der Waals surface area contributed by atoms with Crippen LogP contribution in [0.3, 0.4) is 0 Å². The van der Waals surface area contributed by atoms with Crippen molar-refractivity contribution in [1.29, 1.82) is 0 Å². The van der Waals surface area contributed by atoms with Crippen LogP contribution in [-0.4, -0.2) is 11.8 Å². The first-order chi connectivity index (χ1) is 7.70. The highest BCUT2D eigenvalue weighted by atomic mass is 16.5. The molecule has 0 aliphatic heterocycles. The fourth-order valence-corrected chi connectivity index (χ4v) is 1.88. The molecule has 3 heteroatoms. The van der Waals surface area contributed by atoms with Crippen LogP contribution in [0.25, 0.3) is 0 Å². The number of Topliss-reactive ketones (excluding diaryl/α,β-unsaturated/α-hetero) is 1. The molecule has 0 saturated carbocycles. The monoisotopic (exact) mass is 218 g/mol. The number of aryl methyl sites for hydroxylation is 1. The van der Waals surface area contributed by atoms with Gasteiger partial charge in [0.2, 0.25) is 0 Å². The van der Waals surface area contributed by atoms with Crippen molar-refractivity contribution in [2.75, 3.05) is 0 Å². The zero-order valence-corrected chi connectivity index (χ0v) is 9.29. The van der Waals surface area contributed by atoms with Crippen molar-refractivity contribution < 1.29 is 14.3 Å². The molecule has 16 heavy (non-hydrogen) atoms. The van der Waals surface area contributed by atoms with Crippen LogP contribution in [0.5, 0.6) is 5.75 Å². The zero-order valence-electron chi connectivity index (χ0n) is 9.29. The maximum absolute atomic E-state index is 11.4. The smallest absolute Gasteiger partial charge is 0.311 e. The average Bonchev–Trinajstić information content (AvgIpc) is 2.60. The Bertz CT molecular complexity index is 435. The molecule has 1 aliphatic rings. The molecule has 0 radical (unpaired) electrons. The Labute approximate surface area is 94.4 Å². The summed E-state index contributed by atoms with van der Waals surface area (Å²) in [5.41, 5.74) is 1.77. The van der Waals surface area contributed by atoms with E-state index in [2.05, 4.69) is 0 Å². The van der Waals surface area contributed by atoms with Crippen LogP contribution in [0.15, 0.2) is 18.2 Å². The molecule has 0 bridgehead atoms. The highest BCUT2D eigenvalue weighted by Gasteiger charge is 2.19. The van der Waals surface area contributed by atoms with E-state index in [0.29, 0.717) is 18.6 Å². The maximum Gasteiger partial charge on any atom is 0.311 e. The minimum atomic E-state index is -0.216. The van der Waals surface area contributed by atoms with Gasteiger partial charge in [0.1, 0.15) is 5.75 Å². The van der Waals surface area contributed by atoms with E-state index in [0.717, 1.165) is 24.0 Å². The van der Waals surface area contributed by atoms with Gasteiger partial charge < -0.3 is 4.74 Å². The van der Waals surface area contributed by atoms with Crippen LogP contribution >= 0.6 is 0 Å². The third-order valence-corrected chi connectivity index (χ3v) is 2.68. The SMILES string of the molecule is CCCC(=O)Oc1ccc2c(c1)CCC2=O. The first-order valence-electron chi connectivity index (χ1n) is 5.57. The summed E-state index contributed by atoms with van der Waals surface area (Å²) in [6.45, 7) is 1.93. The Hall–Kier alpha value is -1.64. The maximum atomic E-state index is 11.4.